The number of hydrogen-bond acceptors (Lipinski definition) is 8. The zero-order valence-corrected chi connectivity index (χ0v) is 26.2. The molecule has 0 bridgehead atoms. The molecule has 1 amide bonds. The first kappa shape index (κ1) is 29.3. The molecule has 2 fully saturated rings. The molecule has 12 heteroatoms. The minimum Gasteiger partial charge on any atom is -0.493 e. The van der Waals surface area contributed by atoms with Crippen molar-refractivity contribution in [3.05, 3.63) is 64.3 Å². The van der Waals surface area contributed by atoms with E-state index >= 15 is 0 Å². The fraction of sp³-hybridized carbons (Fsp3) is 0.387. The third kappa shape index (κ3) is 5.51. The molecule has 0 saturated carbocycles. The molecule has 2 aliphatic heterocycles. The molecule has 4 aromatic rings. The Labute approximate surface area is 256 Å². The monoisotopic (exact) mass is 623 g/mol. The molecule has 2 aromatic carbocycles. The zero-order valence-electron chi connectivity index (χ0n) is 24.6. The van der Waals surface area contributed by atoms with Crippen molar-refractivity contribution in [2.75, 3.05) is 56.8 Å². The van der Waals surface area contributed by atoms with Crippen molar-refractivity contribution in [2.24, 2.45) is 0 Å². The Bertz CT molecular complexity index is 1830. The van der Waals surface area contributed by atoms with E-state index in [1.807, 2.05) is 48.2 Å². The van der Waals surface area contributed by atoms with Crippen molar-refractivity contribution in [1.82, 2.24) is 19.7 Å². The molecule has 1 atom stereocenters. The van der Waals surface area contributed by atoms with Crippen LogP contribution in [0.5, 0.6) is 11.5 Å². The quantitative estimate of drug-likeness (QED) is 0.304. The first-order valence-corrected chi connectivity index (χ1v) is 16.4. The van der Waals surface area contributed by atoms with Crippen LogP contribution in [-0.2, 0) is 9.84 Å². The number of carbonyl (C=O) groups excluding carboxylic acids is 1. The molecule has 1 unspecified atom stereocenters. The molecule has 2 aromatic heterocycles. The molecular formula is C31H34ClN5O5S. The summed E-state index contributed by atoms with van der Waals surface area (Å²) in [5.74, 6) is 1.11. The molecule has 43 heavy (non-hydrogen) atoms. The molecule has 6 rings (SSSR count). The summed E-state index contributed by atoms with van der Waals surface area (Å²) >= 11 is 6.28. The van der Waals surface area contributed by atoms with Crippen molar-refractivity contribution in [1.29, 1.82) is 0 Å². The van der Waals surface area contributed by atoms with Gasteiger partial charge in [-0.3, -0.25) is 4.79 Å². The number of hydrogen-bond donors (Lipinski definition) is 0. The lowest BCUT2D eigenvalue weighted by Gasteiger charge is -2.37. The Morgan fingerprint density at radius 2 is 1.72 bits per heavy atom. The number of aromatic nitrogens is 3. The third-order valence-electron chi connectivity index (χ3n) is 8.38. The van der Waals surface area contributed by atoms with E-state index in [0.717, 1.165) is 16.8 Å². The summed E-state index contributed by atoms with van der Waals surface area (Å²) in [6.45, 7) is 6.31. The first-order valence-electron chi connectivity index (χ1n) is 14.2. The van der Waals surface area contributed by atoms with E-state index < -0.39 is 9.84 Å². The topological polar surface area (TPSA) is 107 Å². The number of benzene rings is 2. The van der Waals surface area contributed by atoms with Gasteiger partial charge in [0.25, 0.3) is 5.91 Å². The maximum Gasteiger partial charge on any atom is 0.254 e. The van der Waals surface area contributed by atoms with Gasteiger partial charge in [-0.1, -0.05) is 17.7 Å². The summed E-state index contributed by atoms with van der Waals surface area (Å²) in [5.41, 5.74) is 5.14. The van der Waals surface area contributed by atoms with Gasteiger partial charge in [0.15, 0.2) is 27.0 Å². The van der Waals surface area contributed by atoms with E-state index in [9.17, 15) is 13.2 Å². The van der Waals surface area contributed by atoms with Gasteiger partial charge >= 0.3 is 0 Å². The SMILES string of the molecule is COc1ccc(-c2cc(C(=O)N3CCN(c4cc(Cl)ccc4C)CC3)c3c(C)nn(C4CCS(=O)(=O)C4)c3n2)cc1OC. The standard InChI is InChI=1S/C31H34ClN5O5S/c1-19-5-7-22(32)16-26(19)35-10-12-36(13-11-35)31(38)24-17-25(21-6-8-27(41-3)28(15-21)42-4)33-30-29(24)20(2)34-37(30)23-9-14-43(39,40)18-23/h5-8,15-17,23H,9-14,18H2,1-4H3. The van der Waals surface area contributed by atoms with Gasteiger partial charge in [0, 0.05) is 42.5 Å². The molecule has 0 N–H and O–H groups in total. The summed E-state index contributed by atoms with van der Waals surface area (Å²) < 4.78 is 37.4. The first-order chi connectivity index (χ1) is 20.6. The molecule has 0 aliphatic carbocycles. The number of aryl methyl sites for hydroxylation is 2. The highest BCUT2D eigenvalue weighted by Gasteiger charge is 2.33. The number of methoxy groups -OCH3 is 2. The highest BCUT2D eigenvalue weighted by atomic mass is 35.5. The number of sulfone groups is 1. The molecule has 0 radical (unpaired) electrons. The maximum atomic E-state index is 14.3. The van der Waals surface area contributed by atoms with Gasteiger partial charge in [-0.2, -0.15) is 5.10 Å². The number of ether oxygens (including phenoxy) is 2. The lowest BCUT2D eigenvalue weighted by Crippen LogP contribution is -2.49. The van der Waals surface area contributed by atoms with E-state index in [2.05, 4.69) is 11.8 Å². The Hall–Kier alpha value is -3.83. The predicted molar refractivity (Wildman–Crippen MR) is 167 cm³/mol. The second-order valence-corrected chi connectivity index (χ2v) is 13.8. The number of pyridine rings is 1. The molecule has 2 aliphatic rings. The lowest BCUT2D eigenvalue weighted by molar-refractivity contribution is 0.0748. The second kappa shape index (κ2) is 11.3. The van der Waals surface area contributed by atoms with Crippen LogP contribution >= 0.6 is 11.6 Å². The van der Waals surface area contributed by atoms with Gasteiger partial charge in [0.2, 0.25) is 0 Å². The number of fused-ring (bicyclic) bond motifs is 1. The lowest BCUT2D eigenvalue weighted by atomic mass is 10.0. The Balaban J connectivity index is 1.41. The van der Waals surface area contributed by atoms with Gasteiger partial charge in [-0.05, 0) is 62.2 Å². The Morgan fingerprint density at radius 3 is 2.40 bits per heavy atom. The minimum absolute atomic E-state index is 0.000352. The molecule has 10 nitrogen and oxygen atoms in total. The molecule has 226 valence electrons. The van der Waals surface area contributed by atoms with Crippen LogP contribution in [-0.4, -0.2) is 85.9 Å². The number of amides is 1. The number of rotatable bonds is 6. The van der Waals surface area contributed by atoms with Crippen molar-refractivity contribution in [2.45, 2.75) is 26.3 Å². The van der Waals surface area contributed by atoms with Crippen molar-refractivity contribution >= 4 is 44.1 Å². The van der Waals surface area contributed by atoms with Crippen LogP contribution in [0.2, 0.25) is 5.02 Å². The smallest absolute Gasteiger partial charge is 0.254 e. The van der Waals surface area contributed by atoms with Crippen molar-refractivity contribution < 1.29 is 22.7 Å². The molecular weight excluding hydrogens is 590 g/mol. The Kier molecular flexibility index (Phi) is 7.72. The molecule has 4 heterocycles. The van der Waals surface area contributed by atoms with Gasteiger partial charge < -0.3 is 19.3 Å². The van der Waals surface area contributed by atoms with Gasteiger partial charge in [-0.25, -0.2) is 18.1 Å². The average Bonchev–Trinajstić information content (AvgIpc) is 3.55. The zero-order chi connectivity index (χ0) is 30.5. The predicted octanol–water partition coefficient (Wildman–Crippen LogP) is 4.71. The fourth-order valence-corrected chi connectivity index (χ4v) is 7.95. The van der Waals surface area contributed by atoms with Crippen LogP contribution in [0.15, 0.2) is 42.5 Å². The van der Waals surface area contributed by atoms with Crippen LogP contribution in [0.4, 0.5) is 5.69 Å². The number of halogens is 1. The van der Waals surface area contributed by atoms with Crippen LogP contribution in [0.1, 0.15) is 34.1 Å². The molecule has 2 saturated heterocycles. The highest BCUT2D eigenvalue weighted by molar-refractivity contribution is 7.91. The fourth-order valence-electron chi connectivity index (χ4n) is 6.09. The van der Waals surface area contributed by atoms with Crippen LogP contribution in [0, 0.1) is 13.8 Å². The largest absolute Gasteiger partial charge is 0.493 e. The van der Waals surface area contributed by atoms with Crippen LogP contribution in [0.3, 0.4) is 0 Å². The van der Waals surface area contributed by atoms with Crippen molar-refractivity contribution in [3.63, 3.8) is 0 Å². The summed E-state index contributed by atoms with van der Waals surface area (Å²) in [4.78, 5) is 23.3. The summed E-state index contributed by atoms with van der Waals surface area (Å²) in [7, 11) is -0.0281. The average molecular weight is 624 g/mol. The normalized spacial score (nSPS) is 18.3. The maximum absolute atomic E-state index is 14.3. The van der Waals surface area contributed by atoms with E-state index in [1.54, 1.807) is 25.0 Å². The second-order valence-electron chi connectivity index (χ2n) is 11.1. The van der Waals surface area contributed by atoms with Gasteiger partial charge in [0.1, 0.15) is 0 Å². The summed E-state index contributed by atoms with van der Waals surface area (Å²) in [5, 5.41) is 6.07. The number of piperazine rings is 1. The van der Waals surface area contributed by atoms with E-state index in [0.29, 0.717) is 77.1 Å². The van der Waals surface area contributed by atoms with Crippen molar-refractivity contribution in [3.8, 4) is 22.8 Å². The summed E-state index contributed by atoms with van der Waals surface area (Å²) in [6, 6.07) is 12.8. The number of anilines is 1. The van der Waals surface area contributed by atoms with Gasteiger partial charge in [0.05, 0.1) is 54.1 Å². The number of nitrogens with zero attached hydrogens (tertiary/aromatic N) is 5. The minimum atomic E-state index is -3.17. The number of carbonyl (C=O) groups is 1. The highest BCUT2D eigenvalue weighted by Crippen LogP contribution is 2.36. The summed E-state index contributed by atoms with van der Waals surface area (Å²) in [6.07, 6.45) is 0.453. The van der Waals surface area contributed by atoms with E-state index in [-0.39, 0.29) is 23.5 Å². The van der Waals surface area contributed by atoms with E-state index in [4.69, 9.17) is 31.2 Å². The van der Waals surface area contributed by atoms with Gasteiger partial charge in [-0.15, -0.1) is 0 Å². The molecule has 0 spiro atoms. The third-order valence-corrected chi connectivity index (χ3v) is 10.4. The van der Waals surface area contributed by atoms with Crippen LogP contribution < -0.4 is 14.4 Å². The van der Waals surface area contributed by atoms with Crippen LogP contribution in [0.25, 0.3) is 22.3 Å². The van der Waals surface area contributed by atoms with E-state index in [1.165, 1.54) is 0 Å². The Morgan fingerprint density at radius 1 is 0.977 bits per heavy atom.